The zero-order chi connectivity index (χ0) is 19.8. The maximum Gasteiger partial charge on any atom is 0.193 e. The molecule has 3 rings (SSSR count). The van der Waals surface area contributed by atoms with Gasteiger partial charge in [0.25, 0.3) is 0 Å². The molecule has 4 heteroatoms. The molecule has 3 aromatic carbocycles. The van der Waals surface area contributed by atoms with E-state index in [9.17, 15) is 4.79 Å². The summed E-state index contributed by atoms with van der Waals surface area (Å²) in [5, 5.41) is 0. The van der Waals surface area contributed by atoms with Crippen LogP contribution < -0.4 is 14.2 Å². The van der Waals surface area contributed by atoms with Gasteiger partial charge in [-0.2, -0.15) is 0 Å². The highest BCUT2D eigenvalue weighted by atomic mass is 16.5. The van der Waals surface area contributed by atoms with Gasteiger partial charge in [-0.25, -0.2) is 0 Å². The van der Waals surface area contributed by atoms with Crippen LogP contribution in [0.15, 0.2) is 78.9 Å². The van der Waals surface area contributed by atoms with Gasteiger partial charge in [-0.05, 0) is 17.2 Å². The largest absolute Gasteiger partial charge is 0.496 e. The van der Waals surface area contributed by atoms with Crippen LogP contribution in [0, 0.1) is 0 Å². The van der Waals surface area contributed by atoms with Gasteiger partial charge in [-0.1, -0.05) is 66.7 Å². The number of carbonyl (C=O) groups excluding carboxylic acids is 1. The van der Waals surface area contributed by atoms with Gasteiger partial charge < -0.3 is 14.2 Å². The number of rotatable bonds is 8. The first kappa shape index (κ1) is 19.2. The van der Waals surface area contributed by atoms with Crippen LogP contribution in [0.25, 0.3) is 6.08 Å². The molecular weight excluding hydrogens is 352 g/mol. The van der Waals surface area contributed by atoms with Crippen molar-refractivity contribution >= 4 is 11.9 Å². The van der Waals surface area contributed by atoms with E-state index < -0.39 is 0 Å². The van der Waals surface area contributed by atoms with Gasteiger partial charge in [0.2, 0.25) is 0 Å². The minimum absolute atomic E-state index is 0.202. The lowest BCUT2D eigenvalue weighted by Gasteiger charge is -2.14. The van der Waals surface area contributed by atoms with Crippen molar-refractivity contribution in [1.82, 2.24) is 0 Å². The fraction of sp³-hybridized carbons (Fsp3) is 0.125. The van der Waals surface area contributed by atoms with Crippen molar-refractivity contribution in [3.05, 3.63) is 95.6 Å². The topological polar surface area (TPSA) is 44.8 Å². The molecule has 0 saturated heterocycles. The molecule has 4 nitrogen and oxygen atoms in total. The second-order valence-electron chi connectivity index (χ2n) is 6.09. The minimum atomic E-state index is -0.202. The highest BCUT2D eigenvalue weighted by Gasteiger charge is 2.18. The number of ether oxygens (including phenoxy) is 3. The molecule has 0 saturated carbocycles. The number of methoxy groups -OCH3 is 2. The third kappa shape index (κ3) is 4.80. The Morgan fingerprint density at radius 1 is 0.857 bits per heavy atom. The van der Waals surface area contributed by atoms with Crippen LogP contribution >= 0.6 is 0 Å². The van der Waals surface area contributed by atoms with E-state index >= 15 is 0 Å². The molecule has 0 N–H and O–H groups in total. The molecule has 3 aromatic rings. The lowest BCUT2D eigenvalue weighted by atomic mass is 10.1. The Labute approximate surface area is 165 Å². The average Bonchev–Trinajstić information content (AvgIpc) is 2.76. The fourth-order valence-electron chi connectivity index (χ4n) is 2.77. The molecule has 0 aliphatic rings. The van der Waals surface area contributed by atoms with E-state index in [-0.39, 0.29) is 5.78 Å². The number of allylic oxidation sites excluding steroid dienone is 1. The van der Waals surface area contributed by atoms with E-state index in [2.05, 4.69) is 0 Å². The van der Waals surface area contributed by atoms with E-state index in [1.807, 2.05) is 60.7 Å². The predicted octanol–water partition coefficient (Wildman–Crippen LogP) is 5.18. The first-order chi connectivity index (χ1) is 13.7. The molecule has 0 bridgehead atoms. The average molecular weight is 374 g/mol. The molecule has 142 valence electrons. The number of hydrogen-bond acceptors (Lipinski definition) is 4. The Morgan fingerprint density at radius 3 is 2.00 bits per heavy atom. The lowest BCUT2D eigenvalue weighted by Crippen LogP contribution is -2.04. The minimum Gasteiger partial charge on any atom is -0.496 e. The summed E-state index contributed by atoms with van der Waals surface area (Å²) in [6, 6.07) is 22.9. The van der Waals surface area contributed by atoms with Crippen molar-refractivity contribution in [3.8, 4) is 17.2 Å². The van der Waals surface area contributed by atoms with Crippen LogP contribution in [0.2, 0.25) is 0 Å². The molecule has 28 heavy (non-hydrogen) atoms. The van der Waals surface area contributed by atoms with Crippen LogP contribution in [-0.4, -0.2) is 20.0 Å². The summed E-state index contributed by atoms with van der Waals surface area (Å²) in [4.78, 5) is 12.8. The van der Waals surface area contributed by atoms with Gasteiger partial charge in [0, 0.05) is 12.1 Å². The molecule has 0 aliphatic heterocycles. The molecule has 0 fully saturated rings. The zero-order valence-corrected chi connectivity index (χ0v) is 15.9. The number of ketones is 1. The first-order valence-electron chi connectivity index (χ1n) is 8.91. The van der Waals surface area contributed by atoms with Crippen molar-refractivity contribution in [2.45, 2.75) is 6.61 Å². The zero-order valence-electron chi connectivity index (χ0n) is 15.9. The van der Waals surface area contributed by atoms with Gasteiger partial charge in [-0.15, -0.1) is 0 Å². The maximum atomic E-state index is 12.8. The summed E-state index contributed by atoms with van der Waals surface area (Å²) < 4.78 is 16.7. The third-order valence-electron chi connectivity index (χ3n) is 4.20. The van der Waals surface area contributed by atoms with E-state index in [1.54, 1.807) is 18.2 Å². The van der Waals surface area contributed by atoms with Gasteiger partial charge >= 0.3 is 0 Å². The third-order valence-corrected chi connectivity index (χ3v) is 4.20. The number of carbonyl (C=O) groups is 1. The Kier molecular flexibility index (Phi) is 6.47. The summed E-state index contributed by atoms with van der Waals surface area (Å²) in [6.07, 6.45) is 3.28. The summed E-state index contributed by atoms with van der Waals surface area (Å²) in [5.74, 6) is 1.18. The molecule has 0 amide bonds. The quantitative estimate of drug-likeness (QED) is 0.403. The molecular formula is C24H22O4. The van der Waals surface area contributed by atoms with Crippen LogP contribution in [0.1, 0.15) is 21.5 Å². The smallest absolute Gasteiger partial charge is 0.193 e. The summed E-state index contributed by atoms with van der Waals surface area (Å²) in [7, 11) is 3.04. The van der Waals surface area contributed by atoms with Gasteiger partial charge in [-0.3, -0.25) is 4.79 Å². The number of hydrogen-bond donors (Lipinski definition) is 0. The molecule has 0 aliphatic carbocycles. The lowest BCUT2D eigenvalue weighted by molar-refractivity contribution is 0.104. The first-order valence-corrected chi connectivity index (χ1v) is 8.91. The van der Waals surface area contributed by atoms with E-state index in [4.69, 9.17) is 14.2 Å². The van der Waals surface area contributed by atoms with Gasteiger partial charge in [0.15, 0.2) is 5.78 Å². The Bertz CT molecular complexity index is 922. The fourth-order valence-corrected chi connectivity index (χ4v) is 2.77. The van der Waals surface area contributed by atoms with Crippen molar-refractivity contribution in [2.75, 3.05) is 14.2 Å². The van der Waals surface area contributed by atoms with Crippen LogP contribution in [0.3, 0.4) is 0 Å². The van der Waals surface area contributed by atoms with Crippen LogP contribution in [-0.2, 0) is 6.61 Å². The predicted molar refractivity (Wildman–Crippen MR) is 110 cm³/mol. The van der Waals surface area contributed by atoms with Crippen molar-refractivity contribution < 1.29 is 19.0 Å². The maximum absolute atomic E-state index is 12.8. The van der Waals surface area contributed by atoms with Crippen molar-refractivity contribution in [1.29, 1.82) is 0 Å². The highest BCUT2D eigenvalue weighted by Crippen LogP contribution is 2.35. The molecule has 0 radical (unpaired) electrons. The summed E-state index contributed by atoms with van der Waals surface area (Å²) >= 11 is 0. The van der Waals surface area contributed by atoms with E-state index in [1.165, 1.54) is 20.3 Å². The van der Waals surface area contributed by atoms with Crippen LogP contribution in [0.5, 0.6) is 17.2 Å². The van der Waals surface area contributed by atoms with Gasteiger partial charge in [0.05, 0.1) is 14.2 Å². The summed E-state index contributed by atoms with van der Waals surface area (Å²) in [6.45, 7) is 0.411. The van der Waals surface area contributed by atoms with E-state index in [0.29, 0.717) is 29.4 Å². The monoisotopic (exact) mass is 374 g/mol. The standard InChI is InChI=1S/C24H22O4/c1-26-22-15-20(28-17-19-11-7-4-8-12-19)16-23(27-2)24(22)21(25)14-13-18-9-5-3-6-10-18/h3-16H,17H2,1-2H3. The van der Waals surface area contributed by atoms with Crippen molar-refractivity contribution in [3.63, 3.8) is 0 Å². The molecule has 0 atom stereocenters. The molecule has 0 unspecified atom stereocenters. The Balaban J connectivity index is 1.84. The molecule has 0 spiro atoms. The van der Waals surface area contributed by atoms with Gasteiger partial charge in [0.1, 0.15) is 29.4 Å². The molecule has 0 heterocycles. The Hall–Kier alpha value is -3.53. The normalized spacial score (nSPS) is 10.6. The SMILES string of the molecule is COc1cc(OCc2ccccc2)cc(OC)c1C(=O)C=Cc1ccccc1. The molecule has 0 aromatic heterocycles. The second kappa shape index (κ2) is 9.42. The van der Waals surface area contributed by atoms with Crippen molar-refractivity contribution in [2.24, 2.45) is 0 Å². The summed E-state index contributed by atoms with van der Waals surface area (Å²) in [5.41, 5.74) is 2.35. The highest BCUT2D eigenvalue weighted by molar-refractivity contribution is 6.10. The number of benzene rings is 3. The van der Waals surface area contributed by atoms with Crippen LogP contribution in [0.4, 0.5) is 0 Å². The second-order valence-corrected chi connectivity index (χ2v) is 6.09. The van der Waals surface area contributed by atoms with E-state index in [0.717, 1.165) is 11.1 Å². The Morgan fingerprint density at radius 2 is 1.43 bits per heavy atom.